The molecule has 1 aliphatic heterocycles. The molecule has 6 rings (SSSR count). The van der Waals surface area contributed by atoms with Crippen LogP contribution in [0, 0.1) is 0 Å². The highest BCUT2D eigenvalue weighted by Gasteiger charge is 2.69. The van der Waals surface area contributed by atoms with E-state index in [9.17, 15) is 9.59 Å². The van der Waals surface area contributed by atoms with E-state index in [0.717, 1.165) is 21.2 Å². The first kappa shape index (κ1) is 20.9. The van der Waals surface area contributed by atoms with Crippen molar-refractivity contribution in [2.45, 2.75) is 17.0 Å². The summed E-state index contributed by atoms with van der Waals surface area (Å²) in [6, 6.07) is 34.4. The molecule has 0 fully saturated rings. The maximum absolute atomic E-state index is 14.0. The minimum absolute atomic E-state index is 0.293. The number of rotatable bonds is 3. The van der Waals surface area contributed by atoms with Crippen molar-refractivity contribution in [1.82, 2.24) is 0 Å². The second-order valence-corrected chi connectivity index (χ2v) is 9.57. The van der Waals surface area contributed by atoms with Crippen LogP contribution in [-0.2, 0) is 5.54 Å². The smallest absolute Gasteiger partial charge is 0.216 e. The van der Waals surface area contributed by atoms with Crippen LogP contribution in [0.3, 0.4) is 0 Å². The molecule has 1 heterocycles. The van der Waals surface area contributed by atoms with Crippen molar-refractivity contribution >= 4 is 27.5 Å². The standard InChI is InChI=1S/C29H19BrN2O2/c30-22-17-15-19(16-18-22)25-28(20-9-3-1-4-10-20,21-11-5-2-6-12-21)31-32-29(25)26(33)23-13-7-8-14-24(23)27(29)34/h1-18,25H. The SMILES string of the molecule is O=C1c2ccccc2C(=O)C12N=NC(c1ccccc1)(c1ccccc1)C2c1ccc(Br)cc1. The Morgan fingerprint density at radius 1 is 0.559 bits per heavy atom. The van der Waals surface area contributed by atoms with E-state index in [1.54, 1.807) is 24.3 Å². The van der Waals surface area contributed by atoms with Crippen LogP contribution in [0.25, 0.3) is 0 Å². The predicted molar refractivity (Wildman–Crippen MR) is 133 cm³/mol. The molecule has 0 aromatic heterocycles. The van der Waals surface area contributed by atoms with Crippen LogP contribution in [0.2, 0.25) is 0 Å². The first-order valence-electron chi connectivity index (χ1n) is 11.1. The number of Topliss-reactive ketones (excluding diaryl/α,β-unsaturated/α-hetero) is 2. The molecule has 4 aromatic rings. The summed E-state index contributed by atoms with van der Waals surface area (Å²) in [6.07, 6.45) is 0. The Bertz CT molecular complexity index is 1370. The van der Waals surface area contributed by atoms with Gasteiger partial charge in [-0.2, -0.15) is 10.2 Å². The van der Waals surface area contributed by atoms with Crippen LogP contribution in [-0.4, -0.2) is 17.1 Å². The van der Waals surface area contributed by atoms with E-state index < -0.39 is 17.0 Å². The molecule has 0 saturated heterocycles. The van der Waals surface area contributed by atoms with Crippen molar-refractivity contribution in [3.63, 3.8) is 0 Å². The second kappa shape index (κ2) is 7.67. The minimum atomic E-state index is -1.66. The van der Waals surface area contributed by atoms with Gasteiger partial charge in [0.2, 0.25) is 17.1 Å². The van der Waals surface area contributed by atoms with E-state index in [1.165, 1.54) is 0 Å². The molecule has 1 spiro atoms. The Morgan fingerprint density at radius 2 is 1.00 bits per heavy atom. The average molecular weight is 507 g/mol. The zero-order valence-electron chi connectivity index (χ0n) is 18.1. The number of fused-ring (bicyclic) bond motifs is 1. The van der Waals surface area contributed by atoms with E-state index >= 15 is 0 Å². The van der Waals surface area contributed by atoms with Gasteiger partial charge in [-0.3, -0.25) is 9.59 Å². The van der Waals surface area contributed by atoms with Crippen molar-refractivity contribution in [1.29, 1.82) is 0 Å². The minimum Gasteiger partial charge on any atom is -0.291 e. The number of halogens is 1. The Kier molecular flexibility index (Phi) is 4.71. The zero-order valence-corrected chi connectivity index (χ0v) is 19.6. The largest absolute Gasteiger partial charge is 0.291 e. The number of nitrogens with zero attached hydrogens (tertiary/aromatic N) is 2. The van der Waals surface area contributed by atoms with Gasteiger partial charge in [-0.1, -0.05) is 113 Å². The van der Waals surface area contributed by atoms with Crippen LogP contribution in [0.1, 0.15) is 43.3 Å². The van der Waals surface area contributed by atoms with Crippen molar-refractivity contribution in [3.8, 4) is 0 Å². The summed E-state index contributed by atoms with van der Waals surface area (Å²) in [7, 11) is 0. The summed E-state index contributed by atoms with van der Waals surface area (Å²) in [5.41, 5.74) is 0.691. The molecule has 0 N–H and O–H groups in total. The number of hydrogen-bond donors (Lipinski definition) is 0. The Balaban J connectivity index is 1.70. The summed E-state index contributed by atoms with van der Waals surface area (Å²) in [4.78, 5) is 28.1. The normalized spacial score (nSPS) is 19.5. The maximum atomic E-state index is 14.0. The number of benzene rings is 4. The molecule has 1 atom stereocenters. The van der Waals surface area contributed by atoms with Gasteiger partial charge in [-0.15, -0.1) is 0 Å². The van der Waals surface area contributed by atoms with Crippen LogP contribution in [0.4, 0.5) is 0 Å². The molecular weight excluding hydrogens is 488 g/mol. The number of ketones is 2. The van der Waals surface area contributed by atoms with Gasteiger partial charge in [0.1, 0.15) is 5.54 Å². The molecular formula is C29H19BrN2O2. The monoisotopic (exact) mass is 506 g/mol. The molecule has 0 bridgehead atoms. The van der Waals surface area contributed by atoms with E-state index in [4.69, 9.17) is 5.11 Å². The van der Waals surface area contributed by atoms with Crippen molar-refractivity contribution in [2.24, 2.45) is 10.2 Å². The average Bonchev–Trinajstić information content (AvgIpc) is 3.36. The predicted octanol–water partition coefficient (Wildman–Crippen LogP) is 6.76. The molecule has 2 aliphatic rings. The molecule has 0 radical (unpaired) electrons. The van der Waals surface area contributed by atoms with Gasteiger partial charge < -0.3 is 0 Å². The fourth-order valence-corrected chi connectivity index (χ4v) is 5.72. The summed E-state index contributed by atoms with van der Waals surface area (Å²) in [5, 5.41) is 9.52. The van der Waals surface area contributed by atoms with Gasteiger partial charge >= 0.3 is 0 Å². The van der Waals surface area contributed by atoms with Crippen LogP contribution in [0.5, 0.6) is 0 Å². The van der Waals surface area contributed by atoms with Gasteiger partial charge in [-0.25, -0.2) is 0 Å². The molecule has 164 valence electrons. The third kappa shape index (κ3) is 2.71. The number of azo groups is 1. The Hall–Kier alpha value is -3.70. The van der Waals surface area contributed by atoms with E-state index in [0.29, 0.717) is 11.1 Å². The van der Waals surface area contributed by atoms with Gasteiger partial charge in [0.15, 0.2) is 0 Å². The van der Waals surface area contributed by atoms with Gasteiger partial charge in [0.05, 0.1) is 5.92 Å². The molecule has 4 aromatic carbocycles. The van der Waals surface area contributed by atoms with E-state index in [1.807, 2.05) is 84.9 Å². The van der Waals surface area contributed by atoms with Gasteiger partial charge in [-0.05, 0) is 28.8 Å². The molecule has 1 aliphatic carbocycles. The lowest BCUT2D eigenvalue weighted by Crippen LogP contribution is -2.49. The Labute approximate surface area is 205 Å². The highest BCUT2D eigenvalue weighted by molar-refractivity contribution is 9.10. The van der Waals surface area contributed by atoms with Gasteiger partial charge in [0, 0.05) is 15.6 Å². The molecule has 0 amide bonds. The molecule has 1 unspecified atom stereocenters. The number of carbonyl (C=O) groups excluding carboxylic acids is 2. The lowest BCUT2D eigenvalue weighted by atomic mass is 9.62. The number of hydrogen-bond acceptors (Lipinski definition) is 4. The highest BCUT2D eigenvalue weighted by Crippen LogP contribution is 2.60. The van der Waals surface area contributed by atoms with Crippen molar-refractivity contribution < 1.29 is 9.59 Å². The van der Waals surface area contributed by atoms with Crippen LogP contribution >= 0.6 is 15.9 Å². The molecule has 0 saturated carbocycles. The summed E-state index contributed by atoms with van der Waals surface area (Å²) in [6.45, 7) is 0. The molecule has 4 nitrogen and oxygen atoms in total. The summed E-state index contributed by atoms with van der Waals surface area (Å²) < 4.78 is 0.912. The van der Waals surface area contributed by atoms with E-state index in [-0.39, 0.29) is 11.6 Å². The lowest BCUT2D eigenvalue weighted by Gasteiger charge is -2.38. The van der Waals surface area contributed by atoms with Gasteiger partial charge in [0.25, 0.3) is 0 Å². The molecule has 34 heavy (non-hydrogen) atoms. The fraction of sp³-hybridized carbons (Fsp3) is 0.103. The third-order valence-corrected chi connectivity index (χ3v) is 7.47. The van der Waals surface area contributed by atoms with E-state index in [2.05, 4.69) is 21.0 Å². The summed E-state index contributed by atoms with van der Waals surface area (Å²) >= 11 is 3.51. The zero-order chi connectivity index (χ0) is 23.3. The maximum Gasteiger partial charge on any atom is 0.216 e. The van der Waals surface area contributed by atoms with Crippen LogP contribution < -0.4 is 0 Å². The lowest BCUT2D eigenvalue weighted by molar-refractivity contribution is 0.0772. The van der Waals surface area contributed by atoms with Crippen molar-refractivity contribution in [2.75, 3.05) is 0 Å². The second-order valence-electron chi connectivity index (χ2n) is 8.65. The first-order chi connectivity index (χ1) is 16.6. The van der Waals surface area contributed by atoms with Crippen LogP contribution in [0.15, 0.2) is 124 Å². The number of carbonyl (C=O) groups is 2. The van der Waals surface area contributed by atoms with Crippen molar-refractivity contribution in [3.05, 3.63) is 141 Å². The molecule has 5 heteroatoms. The fourth-order valence-electron chi connectivity index (χ4n) is 5.46. The quantitative estimate of drug-likeness (QED) is 0.288. The topological polar surface area (TPSA) is 58.9 Å². The first-order valence-corrected chi connectivity index (χ1v) is 11.9. The third-order valence-electron chi connectivity index (χ3n) is 6.94. The highest BCUT2D eigenvalue weighted by atomic mass is 79.9. The Morgan fingerprint density at radius 3 is 1.50 bits per heavy atom. The summed E-state index contributed by atoms with van der Waals surface area (Å²) in [5.74, 6) is -1.25.